The van der Waals surface area contributed by atoms with Crippen LogP contribution in [0.1, 0.15) is 125 Å². The second-order valence-electron chi connectivity index (χ2n) is 17.1. The first-order valence-corrected chi connectivity index (χ1v) is 15.2. The molecular weight excluding hydrogens is 472 g/mol. The lowest BCUT2D eigenvalue weighted by molar-refractivity contribution is 0.192. The lowest BCUT2D eigenvalue weighted by Gasteiger charge is -2.36. The van der Waals surface area contributed by atoms with Crippen molar-refractivity contribution in [1.82, 2.24) is 0 Å². The Morgan fingerprint density at radius 3 is 0.949 bits per heavy atom. The minimum absolute atomic E-state index is 0.115. The Hall–Kier alpha value is -1.64. The summed E-state index contributed by atoms with van der Waals surface area (Å²) in [5, 5.41) is 0. The molecular formula is C37H62N2. The lowest BCUT2D eigenvalue weighted by Crippen LogP contribution is -2.32. The van der Waals surface area contributed by atoms with Crippen LogP contribution in [-0.4, -0.2) is 13.1 Å². The molecule has 0 aliphatic rings. The highest BCUT2D eigenvalue weighted by Crippen LogP contribution is 2.41. The first kappa shape index (κ1) is 33.6. The number of benzene rings is 2. The van der Waals surface area contributed by atoms with Gasteiger partial charge in [-0.3, -0.25) is 0 Å². The van der Waals surface area contributed by atoms with E-state index < -0.39 is 0 Å². The molecule has 39 heavy (non-hydrogen) atoms. The summed E-state index contributed by atoms with van der Waals surface area (Å²) >= 11 is 0. The summed E-state index contributed by atoms with van der Waals surface area (Å²) < 4.78 is 0. The van der Waals surface area contributed by atoms with Crippen LogP contribution in [0.2, 0.25) is 0 Å². The van der Waals surface area contributed by atoms with E-state index in [0.29, 0.717) is 13.1 Å². The van der Waals surface area contributed by atoms with E-state index in [1.807, 2.05) is 0 Å². The van der Waals surface area contributed by atoms with E-state index in [-0.39, 0.29) is 32.5 Å². The third-order valence-electron chi connectivity index (χ3n) is 8.74. The summed E-state index contributed by atoms with van der Waals surface area (Å²) in [6.45, 7) is 29.6. The van der Waals surface area contributed by atoms with Gasteiger partial charge in [-0.1, -0.05) is 132 Å². The van der Waals surface area contributed by atoms with Crippen molar-refractivity contribution < 1.29 is 0 Å². The minimum Gasteiger partial charge on any atom is -0.330 e. The third kappa shape index (κ3) is 10.4. The Balaban J connectivity index is 2.05. The summed E-state index contributed by atoms with van der Waals surface area (Å²) in [4.78, 5) is 0. The molecule has 0 saturated carbocycles. The van der Waals surface area contributed by atoms with Crippen molar-refractivity contribution in [3.05, 3.63) is 70.8 Å². The molecule has 0 fully saturated rings. The summed E-state index contributed by atoms with van der Waals surface area (Å²) in [7, 11) is 0. The van der Waals surface area contributed by atoms with E-state index in [4.69, 9.17) is 11.5 Å². The zero-order valence-corrected chi connectivity index (χ0v) is 27.7. The SMILES string of the molecule is CC(C)(Cc1ccc(C(C)(C)CC(C)(C)CN)cc1)CC(C)(C)Cc1ccc(C(C)(C)CC(C)(C)CN)cc1. The summed E-state index contributed by atoms with van der Waals surface area (Å²) in [6, 6.07) is 18.8. The van der Waals surface area contributed by atoms with Crippen LogP contribution in [0.4, 0.5) is 0 Å². The van der Waals surface area contributed by atoms with Crippen LogP contribution in [-0.2, 0) is 23.7 Å². The van der Waals surface area contributed by atoms with Crippen molar-refractivity contribution in [1.29, 1.82) is 0 Å². The number of hydrogen-bond acceptors (Lipinski definition) is 2. The number of hydrogen-bond donors (Lipinski definition) is 2. The van der Waals surface area contributed by atoms with Gasteiger partial charge in [-0.15, -0.1) is 0 Å². The highest BCUT2D eigenvalue weighted by atomic mass is 14.6. The van der Waals surface area contributed by atoms with Crippen LogP contribution in [0, 0.1) is 21.7 Å². The Bertz CT molecular complexity index is 948. The average Bonchev–Trinajstić information content (AvgIpc) is 2.77. The van der Waals surface area contributed by atoms with Crippen molar-refractivity contribution in [2.24, 2.45) is 33.1 Å². The topological polar surface area (TPSA) is 52.0 Å². The largest absolute Gasteiger partial charge is 0.330 e. The maximum absolute atomic E-state index is 6.03. The predicted octanol–water partition coefficient (Wildman–Crippen LogP) is 9.22. The molecule has 4 N–H and O–H groups in total. The van der Waals surface area contributed by atoms with Crippen LogP contribution in [0.5, 0.6) is 0 Å². The molecule has 2 rings (SSSR count). The van der Waals surface area contributed by atoms with Crippen molar-refractivity contribution in [3.63, 3.8) is 0 Å². The summed E-state index contributed by atoms with van der Waals surface area (Å²) in [6.07, 6.45) is 5.53. The molecule has 0 bridgehead atoms. The molecule has 220 valence electrons. The van der Waals surface area contributed by atoms with E-state index in [9.17, 15) is 0 Å². The highest BCUT2D eigenvalue weighted by Gasteiger charge is 2.32. The molecule has 0 saturated heterocycles. The number of rotatable bonds is 14. The molecule has 0 heterocycles. The third-order valence-corrected chi connectivity index (χ3v) is 8.74. The van der Waals surface area contributed by atoms with Gasteiger partial charge >= 0.3 is 0 Å². The van der Waals surface area contributed by atoms with Crippen molar-refractivity contribution in [3.8, 4) is 0 Å². The minimum atomic E-state index is 0.115. The van der Waals surface area contributed by atoms with E-state index in [1.165, 1.54) is 28.7 Å². The molecule has 0 aliphatic carbocycles. The van der Waals surface area contributed by atoms with Crippen molar-refractivity contribution >= 4 is 0 Å². The van der Waals surface area contributed by atoms with Gasteiger partial charge in [0.05, 0.1) is 0 Å². The normalized spacial score (nSPS) is 14.1. The van der Waals surface area contributed by atoms with Crippen LogP contribution < -0.4 is 11.5 Å². The zero-order valence-electron chi connectivity index (χ0n) is 27.7. The molecule has 0 aromatic heterocycles. The maximum atomic E-state index is 6.03. The van der Waals surface area contributed by atoms with Crippen molar-refractivity contribution in [2.75, 3.05) is 13.1 Å². The fraction of sp³-hybridized carbons (Fsp3) is 0.676. The Morgan fingerprint density at radius 2 is 0.692 bits per heavy atom. The van der Waals surface area contributed by atoms with E-state index >= 15 is 0 Å². The highest BCUT2D eigenvalue weighted by molar-refractivity contribution is 5.30. The zero-order chi connectivity index (χ0) is 29.9. The van der Waals surface area contributed by atoms with Crippen LogP contribution in [0.15, 0.2) is 48.5 Å². The summed E-state index contributed by atoms with van der Waals surface area (Å²) in [5.74, 6) is 0. The number of nitrogens with two attached hydrogens (primary N) is 2. The quantitative estimate of drug-likeness (QED) is 0.254. The van der Waals surface area contributed by atoms with Gasteiger partial charge in [0.2, 0.25) is 0 Å². The predicted molar refractivity (Wildman–Crippen MR) is 173 cm³/mol. The van der Waals surface area contributed by atoms with Gasteiger partial charge in [0, 0.05) is 0 Å². The van der Waals surface area contributed by atoms with Crippen LogP contribution in [0.25, 0.3) is 0 Å². The van der Waals surface area contributed by atoms with Gasteiger partial charge < -0.3 is 11.5 Å². The fourth-order valence-electron chi connectivity index (χ4n) is 7.41. The van der Waals surface area contributed by atoms with Crippen molar-refractivity contribution in [2.45, 2.75) is 126 Å². The van der Waals surface area contributed by atoms with E-state index in [0.717, 1.165) is 25.7 Å². The molecule has 0 spiro atoms. The standard InChI is InChI=1S/C37H62N2/c1-32(2,21-28-13-17-30(18-14-28)36(9,10)24-34(5,6)26-38)23-33(3,4)22-29-15-19-31(20-16-29)37(11,12)25-35(7,8)27-39/h13-20H,21-27,38-39H2,1-12H3. The smallest absolute Gasteiger partial charge is 0.00255 e. The molecule has 0 amide bonds. The molecule has 2 aromatic rings. The Morgan fingerprint density at radius 1 is 0.410 bits per heavy atom. The van der Waals surface area contributed by atoms with E-state index in [2.05, 4.69) is 132 Å². The molecule has 0 aliphatic heterocycles. The Kier molecular flexibility index (Phi) is 10.4. The average molecular weight is 535 g/mol. The van der Waals surface area contributed by atoms with E-state index in [1.54, 1.807) is 0 Å². The van der Waals surface area contributed by atoms with Gasteiger partial charge in [0.25, 0.3) is 0 Å². The fourth-order valence-corrected chi connectivity index (χ4v) is 7.41. The van der Waals surface area contributed by atoms with Gasteiger partial charge in [-0.05, 0) is 99.9 Å². The first-order chi connectivity index (χ1) is 17.6. The molecule has 0 atom stereocenters. The molecule has 0 radical (unpaired) electrons. The van der Waals surface area contributed by atoms with Gasteiger partial charge in [-0.2, -0.15) is 0 Å². The molecule has 0 unspecified atom stereocenters. The second-order valence-corrected chi connectivity index (χ2v) is 17.1. The lowest BCUT2D eigenvalue weighted by atomic mass is 9.69. The monoisotopic (exact) mass is 534 g/mol. The van der Waals surface area contributed by atoms with Gasteiger partial charge in [-0.25, -0.2) is 0 Å². The van der Waals surface area contributed by atoms with Gasteiger partial charge in [0.1, 0.15) is 0 Å². The van der Waals surface area contributed by atoms with Crippen LogP contribution >= 0.6 is 0 Å². The molecule has 2 aromatic carbocycles. The first-order valence-electron chi connectivity index (χ1n) is 15.2. The maximum Gasteiger partial charge on any atom is -0.00255 e. The molecule has 2 nitrogen and oxygen atoms in total. The summed E-state index contributed by atoms with van der Waals surface area (Å²) in [5.41, 5.74) is 18.7. The van der Waals surface area contributed by atoms with Gasteiger partial charge in [0.15, 0.2) is 0 Å². The molecule has 2 heteroatoms. The Labute approximate surface area is 242 Å². The second kappa shape index (κ2) is 12.1. The van der Waals surface area contributed by atoms with Crippen LogP contribution in [0.3, 0.4) is 0 Å².